The number of aliphatic hydroxyl groups is 1. The first-order chi connectivity index (χ1) is 9.65. The maximum Gasteiger partial charge on any atom is 0.223 e. The third kappa shape index (κ3) is 2.41. The molecule has 2 aromatic rings. The summed E-state index contributed by atoms with van der Waals surface area (Å²) < 4.78 is 0. The van der Waals surface area contributed by atoms with Crippen LogP contribution >= 0.6 is 0 Å². The predicted molar refractivity (Wildman–Crippen MR) is 79.3 cm³/mol. The van der Waals surface area contributed by atoms with Crippen LogP contribution in [-0.2, 0) is 4.79 Å². The normalized spacial score (nSPS) is 20.6. The number of carbonyl (C=O) groups excluding carboxylic acids is 1. The van der Waals surface area contributed by atoms with Crippen LogP contribution in [0.4, 0.5) is 0 Å². The average molecular weight is 269 g/mol. The van der Waals surface area contributed by atoms with Gasteiger partial charge in [0.15, 0.2) is 0 Å². The van der Waals surface area contributed by atoms with Gasteiger partial charge in [-0.25, -0.2) is 0 Å². The molecule has 0 bridgehead atoms. The Kier molecular flexibility index (Phi) is 3.45. The molecule has 3 nitrogen and oxygen atoms in total. The minimum Gasteiger partial charge on any atom is -0.387 e. The van der Waals surface area contributed by atoms with Gasteiger partial charge in [0.25, 0.3) is 0 Å². The van der Waals surface area contributed by atoms with E-state index in [2.05, 4.69) is 6.92 Å². The van der Waals surface area contributed by atoms with Gasteiger partial charge in [-0.1, -0.05) is 49.4 Å². The lowest BCUT2D eigenvalue weighted by Gasteiger charge is -2.21. The monoisotopic (exact) mass is 269 g/mol. The summed E-state index contributed by atoms with van der Waals surface area (Å²) in [6.07, 6.45) is -0.0298. The predicted octanol–water partition coefficient (Wildman–Crippen LogP) is 2.74. The molecule has 1 saturated heterocycles. The van der Waals surface area contributed by atoms with Crippen LogP contribution in [0.25, 0.3) is 10.8 Å². The molecule has 0 aliphatic carbocycles. The molecule has 104 valence electrons. The fraction of sp³-hybridized carbons (Fsp3) is 0.353. The molecule has 1 heterocycles. The Morgan fingerprint density at radius 2 is 2.00 bits per heavy atom. The molecular formula is C17H19NO2. The summed E-state index contributed by atoms with van der Waals surface area (Å²) in [5.74, 6) is 0.541. The number of aliphatic hydroxyl groups excluding tert-OH is 1. The average Bonchev–Trinajstić information content (AvgIpc) is 2.76. The summed E-state index contributed by atoms with van der Waals surface area (Å²) in [4.78, 5) is 13.6. The van der Waals surface area contributed by atoms with Crippen LogP contribution in [-0.4, -0.2) is 29.0 Å². The van der Waals surface area contributed by atoms with E-state index in [4.69, 9.17) is 0 Å². The van der Waals surface area contributed by atoms with Gasteiger partial charge in [0.2, 0.25) is 5.91 Å². The Labute approximate surface area is 118 Å². The van der Waals surface area contributed by atoms with Crippen LogP contribution in [0.3, 0.4) is 0 Å². The largest absolute Gasteiger partial charge is 0.387 e. The SMILES string of the molecule is CC1CC(=O)N(CC(O)c2cccc3ccccc23)C1. The van der Waals surface area contributed by atoms with E-state index in [0.717, 1.165) is 22.9 Å². The molecule has 1 fully saturated rings. The Hall–Kier alpha value is -1.87. The second kappa shape index (κ2) is 5.25. The lowest BCUT2D eigenvalue weighted by atomic mass is 10.00. The minimum atomic E-state index is -0.629. The summed E-state index contributed by atoms with van der Waals surface area (Å²) in [6.45, 7) is 3.21. The quantitative estimate of drug-likeness (QED) is 0.930. The van der Waals surface area contributed by atoms with Crippen molar-refractivity contribution in [2.45, 2.75) is 19.4 Å². The molecule has 2 unspecified atom stereocenters. The lowest BCUT2D eigenvalue weighted by Crippen LogP contribution is -2.30. The molecule has 1 aliphatic rings. The third-order valence-corrected chi connectivity index (χ3v) is 3.98. The van der Waals surface area contributed by atoms with Crippen molar-refractivity contribution in [3.63, 3.8) is 0 Å². The van der Waals surface area contributed by atoms with Crippen molar-refractivity contribution in [3.8, 4) is 0 Å². The number of fused-ring (bicyclic) bond motifs is 1. The van der Waals surface area contributed by atoms with E-state index in [1.807, 2.05) is 42.5 Å². The smallest absolute Gasteiger partial charge is 0.223 e. The highest BCUT2D eigenvalue weighted by atomic mass is 16.3. The second-order valence-corrected chi connectivity index (χ2v) is 5.69. The summed E-state index contributed by atoms with van der Waals surface area (Å²) in [5.41, 5.74) is 0.899. The number of carbonyl (C=O) groups is 1. The molecule has 20 heavy (non-hydrogen) atoms. The fourth-order valence-corrected chi connectivity index (χ4v) is 2.99. The molecular weight excluding hydrogens is 250 g/mol. The van der Waals surface area contributed by atoms with Gasteiger partial charge in [0.1, 0.15) is 0 Å². The van der Waals surface area contributed by atoms with Gasteiger partial charge >= 0.3 is 0 Å². The molecule has 2 atom stereocenters. The first-order valence-corrected chi connectivity index (χ1v) is 7.08. The number of rotatable bonds is 3. The van der Waals surface area contributed by atoms with Crippen LogP contribution in [0.5, 0.6) is 0 Å². The Morgan fingerprint density at radius 3 is 2.75 bits per heavy atom. The van der Waals surface area contributed by atoms with Gasteiger partial charge in [-0.2, -0.15) is 0 Å². The zero-order chi connectivity index (χ0) is 14.1. The van der Waals surface area contributed by atoms with E-state index in [0.29, 0.717) is 18.9 Å². The maximum absolute atomic E-state index is 11.8. The van der Waals surface area contributed by atoms with Gasteiger partial charge in [-0.05, 0) is 22.3 Å². The molecule has 1 aliphatic heterocycles. The molecule has 0 radical (unpaired) electrons. The zero-order valence-corrected chi connectivity index (χ0v) is 11.6. The molecule has 1 amide bonds. The number of β-amino-alcohol motifs (C(OH)–C–C–N with tert-alkyl or cyclic N) is 1. The van der Waals surface area contributed by atoms with Gasteiger partial charge in [0.05, 0.1) is 12.6 Å². The van der Waals surface area contributed by atoms with E-state index in [-0.39, 0.29) is 5.91 Å². The number of hydrogen-bond acceptors (Lipinski definition) is 2. The topological polar surface area (TPSA) is 40.5 Å². The molecule has 0 saturated carbocycles. The molecule has 1 N–H and O–H groups in total. The number of likely N-dealkylation sites (tertiary alicyclic amines) is 1. The molecule has 3 heteroatoms. The number of amides is 1. The van der Waals surface area contributed by atoms with Crippen molar-refractivity contribution in [1.82, 2.24) is 4.90 Å². The molecule has 0 spiro atoms. The minimum absolute atomic E-state index is 0.150. The van der Waals surface area contributed by atoms with Crippen LogP contribution < -0.4 is 0 Å². The van der Waals surface area contributed by atoms with Crippen LogP contribution in [0, 0.1) is 5.92 Å². The standard InChI is InChI=1S/C17H19NO2/c1-12-9-17(20)18(10-12)11-16(19)15-8-4-6-13-5-2-3-7-14(13)15/h2-8,12,16,19H,9-11H2,1H3. The third-order valence-electron chi connectivity index (χ3n) is 3.98. The van der Waals surface area contributed by atoms with E-state index < -0.39 is 6.10 Å². The van der Waals surface area contributed by atoms with Crippen molar-refractivity contribution in [2.75, 3.05) is 13.1 Å². The zero-order valence-electron chi connectivity index (χ0n) is 11.6. The van der Waals surface area contributed by atoms with Crippen molar-refractivity contribution < 1.29 is 9.90 Å². The van der Waals surface area contributed by atoms with Gasteiger partial charge in [0, 0.05) is 13.0 Å². The molecule has 2 aromatic carbocycles. The van der Waals surface area contributed by atoms with Crippen molar-refractivity contribution in [3.05, 3.63) is 48.0 Å². The second-order valence-electron chi connectivity index (χ2n) is 5.69. The van der Waals surface area contributed by atoms with Gasteiger partial charge in [-0.3, -0.25) is 4.79 Å². The molecule has 3 rings (SSSR count). The maximum atomic E-state index is 11.8. The van der Waals surface area contributed by atoms with Crippen molar-refractivity contribution in [2.24, 2.45) is 5.92 Å². The van der Waals surface area contributed by atoms with Crippen molar-refractivity contribution in [1.29, 1.82) is 0 Å². The van der Waals surface area contributed by atoms with E-state index in [1.165, 1.54) is 0 Å². The van der Waals surface area contributed by atoms with Crippen LogP contribution in [0.15, 0.2) is 42.5 Å². The lowest BCUT2D eigenvalue weighted by molar-refractivity contribution is -0.128. The summed E-state index contributed by atoms with van der Waals surface area (Å²) in [6, 6.07) is 13.9. The molecule has 0 aromatic heterocycles. The Morgan fingerprint density at radius 1 is 1.25 bits per heavy atom. The summed E-state index contributed by atoms with van der Waals surface area (Å²) in [5, 5.41) is 12.7. The van der Waals surface area contributed by atoms with Crippen LogP contribution in [0.1, 0.15) is 25.0 Å². The van der Waals surface area contributed by atoms with Gasteiger partial charge < -0.3 is 10.0 Å². The first-order valence-electron chi connectivity index (χ1n) is 7.08. The summed E-state index contributed by atoms with van der Waals surface area (Å²) in [7, 11) is 0. The number of hydrogen-bond donors (Lipinski definition) is 1. The Balaban J connectivity index is 1.86. The van der Waals surface area contributed by atoms with E-state index >= 15 is 0 Å². The Bertz CT molecular complexity index is 632. The highest BCUT2D eigenvalue weighted by Gasteiger charge is 2.28. The first kappa shape index (κ1) is 13.1. The van der Waals surface area contributed by atoms with Gasteiger partial charge in [-0.15, -0.1) is 0 Å². The fourth-order valence-electron chi connectivity index (χ4n) is 2.99. The number of nitrogens with zero attached hydrogens (tertiary/aromatic N) is 1. The van der Waals surface area contributed by atoms with Crippen LogP contribution in [0.2, 0.25) is 0 Å². The van der Waals surface area contributed by atoms with E-state index in [9.17, 15) is 9.90 Å². The number of benzene rings is 2. The van der Waals surface area contributed by atoms with E-state index in [1.54, 1.807) is 4.90 Å². The summed E-state index contributed by atoms with van der Waals surface area (Å²) >= 11 is 0. The van der Waals surface area contributed by atoms with Crippen molar-refractivity contribution >= 4 is 16.7 Å². The highest BCUT2D eigenvalue weighted by molar-refractivity contribution is 5.86. The highest BCUT2D eigenvalue weighted by Crippen LogP contribution is 2.26.